The summed E-state index contributed by atoms with van der Waals surface area (Å²) in [4.78, 5) is 7.17. The number of rotatable bonds is 44. The van der Waals surface area contributed by atoms with E-state index in [1.54, 1.807) is 11.8 Å². The summed E-state index contributed by atoms with van der Waals surface area (Å²) in [6, 6.07) is 91.0. The van der Waals surface area contributed by atoms with Gasteiger partial charge in [0.25, 0.3) is 0 Å². The van der Waals surface area contributed by atoms with Crippen LogP contribution in [0.3, 0.4) is 0 Å². The molecule has 0 aliphatic carbocycles. The fourth-order valence-electron chi connectivity index (χ4n) is 16.6. The van der Waals surface area contributed by atoms with Crippen LogP contribution in [0.2, 0.25) is 0 Å². The minimum absolute atomic E-state index is 0.145. The van der Waals surface area contributed by atoms with Gasteiger partial charge in [0.05, 0.1) is 12.3 Å². The number of oxime groups is 1. The smallest absolute Gasteiger partial charge is 0.142 e. The summed E-state index contributed by atoms with van der Waals surface area (Å²) < 4.78 is 35.8. The van der Waals surface area contributed by atoms with Crippen LogP contribution in [0.4, 0.5) is 0 Å². The lowest BCUT2D eigenvalue weighted by molar-refractivity contribution is -0.0937. The van der Waals surface area contributed by atoms with Gasteiger partial charge in [-0.2, -0.15) is 0 Å². The summed E-state index contributed by atoms with van der Waals surface area (Å²) >= 11 is 3.84. The van der Waals surface area contributed by atoms with Crippen LogP contribution in [0.5, 0.6) is 28.7 Å². The third-order valence-electron chi connectivity index (χ3n) is 25.9. The fraction of sp³-hybridized carbons (Fsp3) is 0.410. The molecule has 9 nitrogen and oxygen atoms in total. The molecule has 0 spiro atoms. The van der Waals surface area contributed by atoms with E-state index in [9.17, 15) is 5.11 Å². The highest BCUT2D eigenvalue weighted by molar-refractivity contribution is 8.01. The Morgan fingerprint density at radius 1 is 0.407 bits per heavy atom. The fourth-order valence-corrected chi connectivity index (χ4v) is 18.6. The summed E-state index contributed by atoms with van der Waals surface area (Å²) in [5, 5.41) is 18.1. The maximum absolute atomic E-state index is 10.7. The average molecular weight is 2000 g/mol. The normalized spacial score (nSPS) is 12.1. The molecule has 11 heteroatoms. The first-order chi connectivity index (χ1) is 69.5. The lowest BCUT2D eigenvalue weighted by atomic mass is 9.74. The number of hydrogen-bond donors (Lipinski definition) is 1. The summed E-state index contributed by atoms with van der Waals surface area (Å²) in [5.41, 5.74) is 32.9. The van der Waals surface area contributed by atoms with Gasteiger partial charge in [-0.1, -0.05) is 395 Å². The molecule has 3 atom stereocenters. The number of unbranched alkanes of at least 4 members (excludes halogenated alkanes) is 3. The van der Waals surface area contributed by atoms with Gasteiger partial charge in [0.1, 0.15) is 79.2 Å². The van der Waals surface area contributed by atoms with E-state index in [-0.39, 0.29) is 11.5 Å². The summed E-state index contributed by atoms with van der Waals surface area (Å²) in [5.74, 6) is 5.63. The molecule has 0 saturated heterocycles. The van der Waals surface area contributed by atoms with E-state index in [0.29, 0.717) is 38.3 Å². The van der Waals surface area contributed by atoms with Gasteiger partial charge >= 0.3 is 0 Å². The quantitative estimate of drug-likeness (QED) is 0.0131. The van der Waals surface area contributed by atoms with Crippen LogP contribution in [-0.4, -0.2) is 54.4 Å². The van der Waals surface area contributed by atoms with Crippen molar-refractivity contribution in [1.29, 1.82) is 0 Å². The molecule has 3 unspecified atom stereocenters. The van der Waals surface area contributed by atoms with Gasteiger partial charge in [-0.3, -0.25) is 0 Å². The zero-order valence-electron chi connectivity index (χ0n) is 94.1. The second-order valence-corrected chi connectivity index (χ2v) is 42.0. The van der Waals surface area contributed by atoms with Gasteiger partial charge in [0.15, 0.2) is 0 Å². The number of aliphatic hydroxyl groups is 1. The van der Waals surface area contributed by atoms with Crippen molar-refractivity contribution in [2.75, 3.05) is 32.7 Å². The van der Waals surface area contributed by atoms with E-state index in [0.717, 1.165) is 116 Å². The van der Waals surface area contributed by atoms with Crippen LogP contribution in [0.15, 0.2) is 288 Å². The Balaban J connectivity index is 0.000000259. The van der Waals surface area contributed by atoms with E-state index < -0.39 is 5.60 Å². The molecule has 780 valence electrons. The first-order valence-electron chi connectivity index (χ1n) is 53.4. The second kappa shape index (κ2) is 66.8. The molecule has 12 rings (SSSR count). The monoisotopic (exact) mass is 1990 g/mol. The standard InChI is InChI=1S/C22H28O2.C21H27NO.C21H28S.C20H26O.C18H20O.C16H26O2.C16H24OS/c1-6-18(4)22(21-12-9-17(3)15-19(21)5)24-14-13-23-20-10-7-16(2)8-11-20;1-6-7-21(20-11-9-16(3)13-18(20)5)22-23-14-19-10-8-15(2)12-17(19)4;1-5-7-20(15-14-19-12-10-16(2)11-13-19)22-21-17(3)8-6-9-18(21)4;1-5-6-7-20(18-11-8-15(2)9-12-18)21-19-13-10-16(3)14-17(19)4;1-4-15(3)17-10-5-6-11-18(17)19-13-16-9-7-8-14(2)12-16;1-6-11-16(17,15(3,4)5)12-18-14-9-7-13(2)8-10-14;1-4-6-9-12-17-16-11-8-7-10-15(16)14(5-2)13-18-3/h7-12,15H,6,13-14H2,1-5H3;8-13H,6-7,14H2,1-5H3;6,8-13,20H,5,7,14-15H2,1-4H3;8-14,20H,5-7H2,1-4H3;5-12H,3-4,13H2,1-2H3;7-10,17H,6,11-12H2,1-5H3;7-8,10-11,13H,4-6,9,12H2,1-3H3/b22-18-;22-21+;;;;;14-13-. The van der Waals surface area contributed by atoms with Crippen molar-refractivity contribution in [3.05, 3.63) is 406 Å². The number of hydrogen-bond acceptors (Lipinski definition) is 11. The lowest BCUT2D eigenvalue weighted by Crippen LogP contribution is -2.47. The molecule has 0 aliphatic rings. The van der Waals surface area contributed by atoms with Crippen molar-refractivity contribution in [1.82, 2.24) is 0 Å². The van der Waals surface area contributed by atoms with Crippen molar-refractivity contribution in [3.63, 3.8) is 0 Å². The third-order valence-corrected chi connectivity index (χ3v) is 28.1. The van der Waals surface area contributed by atoms with Crippen molar-refractivity contribution in [2.45, 2.75) is 331 Å². The molecular weight excluding hydrogens is 1820 g/mol. The molecule has 12 aromatic rings. The Kier molecular flexibility index (Phi) is 56.4. The predicted octanol–water partition coefficient (Wildman–Crippen LogP) is 38.2. The largest absolute Gasteiger partial charge is 0.493 e. The van der Waals surface area contributed by atoms with Crippen LogP contribution in [0.25, 0.3) is 16.9 Å². The number of para-hydroxylation sites is 2. The zero-order valence-corrected chi connectivity index (χ0v) is 95.7. The highest BCUT2D eigenvalue weighted by Gasteiger charge is 2.40. The van der Waals surface area contributed by atoms with Crippen molar-refractivity contribution in [2.24, 2.45) is 10.6 Å². The Morgan fingerprint density at radius 2 is 0.931 bits per heavy atom. The molecule has 145 heavy (non-hydrogen) atoms. The van der Waals surface area contributed by atoms with E-state index >= 15 is 0 Å². The van der Waals surface area contributed by atoms with Crippen LogP contribution in [-0.2, 0) is 29.2 Å². The van der Waals surface area contributed by atoms with Crippen molar-refractivity contribution in [3.8, 4) is 28.7 Å². The zero-order chi connectivity index (χ0) is 106. The molecule has 0 saturated carbocycles. The Morgan fingerprint density at radius 3 is 1.46 bits per heavy atom. The molecule has 0 radical (unpaired) electrons. The Bertz CT molecular complexity index is 5840. The highest BCUT2D eigenvalue weighted by atomic mass is 32.2. The van der Waals surface area contributed by atoms with Gasteiger partial charge in [0.2, 0.25) is 0 Å². The maximum Gasteiger partial charge on any atom is 0.142 e. The van der Waals surface area contributed by atoms with Crippen LogP contribution >= 0.6 is 23.5 Å². The van der Waals surface area contributed by atoms with Gasteiger partial charge in [0, 0.05) is 32.4 Å². The number of aryl methyl sites for hydroxylation is 16. The number of ether oxygens (including phenoxy) is 6. The first kappa shape index (κ1) is 122. The van der Waals surface area contributed by atoms with E-state index in [2.05, 4.69) is 415 Å². The number of thioether (sulfide) groups is 2. The summed E-state index contributed by atoms with van der Waals surface area (Å²) in [7, 11) is 0. The minimum atomic E-state index is -0.785. The van der Waals surface area contributed by atoms with Gasteiger partial charge in [-0.25, -0.2) is 0 Å². The second-order valence-electron chi connectivity index (χ2n) is 40.0. The molecule has 0 aliphatic heterocycles. The first-order valence-corrected chi connectivity index (χ1v) is 55.5. The molecule has 0 fully saturated rings. The highest BCUT2D eigenvalue weighted by Crippen LogP contribution is 2.39. The minimum Gasteiger partial charge on any atom is -0.493 e. The van der Waals surface area contributed by atoms with E-state index in [1.165, 1.54) is 190 Å². The Hall–Kier alpha value is -11.2. The van der Waals surface area contributed by atoms with Crippen molar-refractivity contribution >= 4 is 46.1 Å². The predicted molar refractivity (Wildman–Crippen MR) is 630 cm³/mol. The number of allylic oxidation sites excluding steroid dienone is 3. The SMILES string of the molecule is C=C(CC)c1ccccc1OCc1cccc(C)c1.CC/C(C)=C(\OCCOc1ccc(C)cc1)c1ccc(C)cc1C.CCC/C(=N\OCc1ccc(C)cc1C)c1ccc(C)cc1C.CCCC(CCc1ccc(C)cc1)Sc1c(C)cccc1C.CCCC(O)(COc1ccc(C)cc1)C(C)(C)C.CCCCC(Oc1ccc(C)cc1C)c1ccc(C)cc1.CCCCCOc1ccccc1/C(=C\SC)CC. The maximum atomic E-state index is 10.7. The molecule has 0 heterocycles. The lowest BCUT2D eigenvalue weighted by Gasteiger charge is -2.40. The van der Waals surface area contributed by atoms with Crippen LogP contribution in [0.1, 0.15) is 320 Å². The third kappa shape index (κ3) is 44.6. The van der Waals surface area contributed by atoms with E-state index in [1.807, 2.05) is 67.6 Å². The molecular formula is C134H179NO8S2. The molecule has 0 amide bonds. The molecule has 12 aromatic carbocycles. The summed E-state index contributed by atoms with van der Waals surface area (Å²) in [6.45, 7) is 65.1. The molecule has 0 aromatic heterocycles. The topological polar surface area (TPSA) is 97.2 Å². The average Bonchev–Trinajstić information content (AvgIpc) is 0.805. The van der Waals surface area contributed by atoms with Gasteiger partial charge in [-0.15, -0.1) is 23.5 Å². The Labute approximate surface area is 887 Å². The summed E-state index contributed by atoms with van der Waals surface area (Å²) in [6.07, 6.45) is 20.9. The van der Waals surface area contributed by atoms with Crippen molar-refractivity contribution < 1.29 is 38.4 Å². The van der Waals surface area contributed by atoms with E-state index in [4.69, 9.17) is 33.3 Å². The molecule has 0 bridgehead atoms. The number of benzene rings is 12. The van der Waals surface area contributed by atoms with Crippen LogP contribution in [0, 0.1) is 109 Å². The van der Waals surface area contributed by atoms with Crippen LogP contribution < -0.4 is 23.7 Å². The molecule has 1 N–H and O–H groups in total. The van der Waals surface area contributed by atoms with Gasteiger partial charge < -0.3 is 38.4 Å². The number of nitrogens with zero attached hydrogens (tertiary/aromatic N) is 1. The van der Waals surface area contributed by atoms with Gasteiger partial charge in [-0.05, 0) is 313 Å².